The molecule has 2 heterocycles. The Labute approximate surface area is 292 Å². The molecule has 2 amide bonds. The highest BCUT2D eigenvalue weighted by molar-refractivity contribution is 7.92. The van der Waals surface area contributed by atoms with Crippen molar-refractivity contribution in [3.8, 4) is 11.1 Å². The van der Waals surface area contributed by atoms with E-state index in [1.54, 1.807) is 50.1 Å². The summed E-state index contributed by atoms with van der Waals surface area (Å²) in [6.07, 6.45) is 6.03. The number of unbranched alkanes of at least 4 members (excludes halogenated alkanes) is 1. The molecule has 0 atom stereocenters. The van der Waals surface area contributed by atoms with Crippen LogP contribution in [0.2, 0.25) is 0 Å². The van der Waals surface area contributed by atoms with E-state index in [2.05, 4.69) is 16.8 Å². The molecular formula is C38H42FN5O5S. The summed E-state index contributed by atoms with van der Waals surface area (Å²) in [5, 5.41) is 3.87. The van der Waals surface area contributed by atoms with E-state index < -0.39 is 27.3 Å². The zero-order valence-electron chi connectivity index (χ0n) is 28.8. The molecule has 0 saturated heterocycles. The normalized spacial score (nSPS) is 15.5. The third-order valence-corrected chi connectivity index (χ3v) is 11.1. The van der Waals surface area contributed by atoms with Crippen molar-refractivity contribution in [2.45, 2.75) is 89.2 Å². The smallest absolute Gasteiger partial charge is 0.264 e. The van der Waals surface area contributed by atoms with Gasteiger partial charge in [0.1, 0.15) is 17.2 Å². The van der Waals surface area contributed by atoms with Crippen LogP contribution < -0.4 is 4.72 Å². The average Bonchev–Trinajstić information content (AvgIpc) is 3.78. The predicted octanol–water partition coefficient (Wildman–Crippen LogP) is 7.41. The Kier molecular flexibility index (Phi) is 9.93. The Morgan fingerprint density at radius 1 is 1.04 bits per heavy atom. The fraction of sp³-hybridized carbons (Fsp3) is 0.368. The first-order valence-corrected chi connectivity index (χ1v) is 18.5. The van der Waals surface area contributed by atoms with Crippen molar-refractivity contribution in [2.24, 2.45) is 4.99 Å². The molecule has 1 fully saturated rings. The number of nitrogens with one attached hydrogen (secondary N) is 1. The SMILES string of the molecule is CCCCC1=NC2(CCCC2)C(=O)N1Cc1ccc(-c2ccccc2S(=O)(=O)Nc2onc(C)c2C)c(CN(C)C(=O)c2ccccc2F)c1. The second kappa shape index (κ2) is 14.2. The summed E-state index contributed by atoms with van der Waals surface area (Å²) < 4.78 is 50.1. The molecule has 12 heteroatoms. The lowest BCUT2D eigenvalue weighted by Gasteiger charge is -2.24. The molecule has 0 radical (unpaired) electrons. The van der Waals surface area contributed by atoms with Crippen LogP contribution in [0, 0.1) is 19.7 Å². The number of anilines is 1. The number of halogens is 1. The van der Waals surface area contributed by atoms with Gasteiger partial charge in [-0.2, -0.15) is 0 Å². The molecule has 50 heavy (non-hydrogen) atoms. The number of carbonyl (C=O) groups is 2. The van der Waals surface area contributed by atoms with Gasteiger partial charge in [0.2, 0.25) is 5.88 Å². The number of aliphatic imine (C=N–C) groups is 1. The molecule has 1 aliphatic carbocycles. The molecule has 1 aromatic heterocycles. The largest absolute Gasteiger partial charge is 0.337 e. The number of rotatable bonds is 12. The van der Waals surface area contributed by atoms with E-state index in [-0.39, 0.29) is 35.3 Å². The number of hydrogen-bond donors (Lipinski definition) is 1. The first-order chi connectivity index (χ1) is 23.9. The molecule has 2 aliphatic rings. The molecule has 3 aromatic carbocycles. The van der Waals surface area contributed by atoms with Gasteiger partial charge in [-0.25, -0.2) is 17.5 Å². The first-order valence-electron chi connectivity index (χ1n) is 17.0. The lowest BCUT2D eigenvalue weighted by atomic mass is 9.95. The van der Waals surface area contributed by atoms with Gasteiger partial charge in [-0.15, -0.1) is 0 Å². The fourth-order valence-corrected chi connectivity index (χ4v) is 8.07. The minimum atomic E-state index is -4.16. The van der Waals surface area contributed by atoms with Gasteiger partial charge in [-0.3, -0.25) is 19.5 Å². The van der Waals surface area contributed by atoms with Crippen LogP contribution in [-0.4, -0.2) is 53.6 Å². The molecule has 10 nitrogen and oxygen atoms in total. The van der Waals surface area contributed by atoms with Crippen molar-refractivity contribution in [3.63, 3.8) is 0 Å². The summed E-state index contributed by atoms with van der Waals surface area (Å²) in [5.74, 6) is -0.300. The molecule has 1 N–H and O–H groups in total. The maximum Gasteiger partial charge on any atom is 0.264 e. The molecule has 1 aliphatic heterocycles. The third kappa shape index (κ3) is 6.81. The molecule has 262 valence electrons. The number of hydrogen-bond acceptors (Lipinski definition) is 7. The number of amides is 2. The van der Waals surface area contributed by atoms with Crippen LogP contribution in [0.25, 0.3) is 11.1 Å². The van der Waals surface area contributed by atoms with Gasteiger partial charge in [0.05, 0.1) is 22.7 Å². The lowest BCUT2D eigenvalue weighted by Crippen LogP contribution is -2.40. The van der Waals surface area contributed by atoms with Crippen molar-refractivity contribution >= 4 is 33.6 Å². The highest BCUT2D eigenvalue weighted by Gasteiger charge is 2.49. The van der Waals surface area contributed by atoms with Gasteiger partial charge in [-0.1, -0.05) is 79.9 Å². The van der Waals surface area contributed by atoms with E-state index in [0.717, 1.165) is 49.9 Å². The summed E-state index contributed by atoms with van der Waals surface area (Å²) in [6, 6.07) is 18.0. The zero-order chi connectivity index (χ0) is 35.6. The van der Waals surface area contributed by atoms with Crippen LogP contribution in [0.1, 0.15) is 84.6 Å². The molecule has 0 unspecified atom stereocenters. The lowest BCUT2D eigenvalue weighted by molar-refractivity contribution is -0.131. The predicted molar refractivity (Wildman–Crippen MR) is 190 cm³/mol. The van der Waals surface area contributed by atoms with Crippen LogP contribution in [-0.2, 0) is 27.9 Å². The molecular weight excluding hydrogens is 658 g/mol. The number of aromatic nitrogens is 1. The first kappa shape index (κ1) is 35.0. The minimum Gasteiger partial charge on any atom is -0.337 e. The molecule has 4 aromatic rings. The zero-order valence-corrected chi connectivity index (χ0v) is 29.6. The van der Waals surface area contributed by atoms with Gasteiger partial charge in [0.25, 0.3) is 21.8 Å². The molecule has 0 bridgehead atoms. The topological polar surface area (TPSA) is 125 Å². The number of benzene rings is 3. The molecule has 1 saturated carbocycles. The van der Waals surface area contributed by atoms with Gasteiger partial charge < -0.3 is 9.42 Å². The summed E-state index contributed by atoms with van der Waals surface area (Å²) in [4.78, 5) is 35.6. The summed E-state index contributed by atoms with van der Waals surface area (Å²) in [5.41, 5.74) is 2.77. The highest BCUT2D eigenvalue weighted by atomic mass is 32.2. The summed E-state index contributed by atoms with van der Waals surface area (Å²) in [6.45, 7) is 5.87. The van der Waals surface area contributed by atoms with Gasteiger partial charge in [-0.05, 0) is 68.0 Å². The Bertz CT molecular complexity index is 2070. The number of amidine groups is 1. The quantitative estimate of drug-likeness (QED) is 0.164. The van der Waals surface area contributed by atoms with Crippen LogP contribution in [0.3, 0.4) is 0 Å². The number of sulfonamides is 1. The number of aryl methyl sites for hydroxylation is 1. The minimum absolute atomic E-state index is 0.00239. The third-order valence-electron chi connectivity index (χ3n) is 9.70. The Hall–Kier alpha value is -4.84. The van der Waals surface area contributed by atoms with Crippen molar-refractivity contribution in [1.82, 2.24) is 15.0 Å². The second-order valence-corrected chi connectivity index (χ2v) is 14.9. The van der Waals surface area contributed by atoms with Gasteiger partial charge in [0.15, 0.2) is 0 Å². The van der Waals surface area contributed by atoms with Crippen molar-refractivity contribution in [3.05, 3.63) is 100 Å². The van der Waals surface area contributed by atoms with E-state index >= 15 is 0 Å². The van der Waals surface area contributed by atoms with Gasteiger partial charge >= 0.3 is 0 Å². The average molecular weight is 700 g/mol. The maximum absolute atomic E-state index is 14.7. The Morgan fingerprint density at radius 3 is 2.46 bits per heavy atom. The van der Waals surface area contributed by atoms with Crippen LogP contribution >= 0.6 is 0 Å². The monoisotopic (exact) mass is 699 g/mol. The van der Waals surface area contributed by atoms with Crippen LogP contribution in [0.4, 0.5) is 10.3 Å². The molecule has 6 rings (SSSR count). The van der Waals surface area contributed by atoms with Crippen LogP contribution in [0.15, 0.2) is 81.1 Å². The van der Waals surface area contributed by atoms with Crippen molar-refractivity contribution < 1.29 is 26.9 Å². The van der Waals surface area contributed by atoms with E-state index in [0.29, 0.717) is 34.4 Å². The van der Waals surface area contributed by atoms with Crippen molar-refractivity contribution in [2.75, 3.05) is 11.8 Å². The highest BCUT2D eigenvalue weighted by Crippen LogP contribution is 2.40. The van der Waals surface area contributed by atoms with Gasteiger partial charge in [0, 0.05) is 31.1 Å². The summed E-state index contributed by atoms with van der Waals surface area (Å²) in [7, 11) is -2.58. The fourth-order valence-electron chi connectivity index (χ4n) is 6.80. The van der Waals surface area contributed by atoms with Crippen molar-refractivity contribution in [1.29, 1.82) is 0 Å². The maximum atomic E-state index is 14.7. The van der Waals surface area contributed by atoms with E-state index in [1.807, 2.05) is 18.2 Å². The number of carbonyl (C=O) groups excluding carboxylic acids is 2. The van der Waals surface area contributed by atoms with E-state index in [1.165, 1.54) is 29.2 Å². The Balaban J connectivity index is 1.40. The van der Waals surface area contributed by atoms with Crippen LogP contribution in [0.5, 0.6) is 0 Å². The standard InChI is InChI=1S/C38H42FN5O5S/c1-5-6-17-34-40-38(20-11-12-21-38)37(46)44(34)23-27-18-19-29(28(22-27)24-43(4)36(45)31-14-7-9-15-32(31)39)30-13-8-10-16-33(30)50(47,48)42-35-25(2)26(3)41-49-35/h7-10,13-16,18-19,22,42H,5-6,11-12,17,20-21,23-24H2,1-4H3. The summed E-state index contributed by atoms with van der Waals surface area (Å²) >= 11 is 0. The second-order valence-electron chi connectivity index (χ2n) is 13.2. The Morgan fingerprint density at radius 2 is 1.76 bits per heavy atom. The molecule has 1 spiro atoms. The van der Waals surface area contributed by atoms with E-state index in [4.69, 9.17) is 9.52 Å². The van der Waals surface area contributed by atoms with E-state index in [9.17, 15) is 22.4 Å². The number of nitrogens with zero attached hydrogens (tertiary/aromatic N) is 4.